The van der Waals surface area contributed by atoms with E-state index >= 15 is 0 Å². The fourth-order valence-corrected chi connectivity index (χ4v) is 4.57. The van der Waals surface area contributed by atoms with Gasteiger partial charge in [0.25, 0.3) is 0 Å². The summed E-state index contributed by atoms with van der Waals surface area (Å²) >= 11 is 1.54. The summed E-state index contributed by atoms with van der Waals surface area (Å²) in [4.78, 5) is 3.30. The van der Waals surface area contributed by atoms with Crippen molar-refractivity contribution in [2.24, 2.45) is 0 Å². The van der Waals surface area contributed by atoms with Crippen LogP contribution in [0.3, 0.4) is 0 Å². The molecular weight excluding hydrogens is 370 g/mol. The molecule has 1 aliphatic rings. The van der Waals surface area contributed by atoms with Crippen molar-refractivity contribution in [3.05, 3.63) is 53.3 Å². The van der Waals surface area contributed by atoms with E-state index in [-0.39, 0.29) is 0 Å². The molecule has 28 heavy (non-hydrogen) atoms. The Morgan fingerprint density at radius 2 is 1.75 bits per heavy atom. The van der Waals surface area contributed by atoms with E-state index in [1.165, 1.54) is 31.1 Å². The lowest BCUT2D eigenvalue weighted by Crippen LogP contribution is -2.25. The van der Waals surface area contributed by atoms with Crippen LogP contribution in [0.25, 0.3) is 15.7 Å². The molecule has 4 aromatic rings. The summed E-state index contributed by atoms with van der Waals surface area (Å²) < 4.78 is 7.97. The van der Waals surface area contributed by atoms with Crippen molar-refractivity contribution in [3.8, 4) is 5.75 Å². The van der Waals surface area contributed by atoms with Gasteiger partial charge in [-0.15, -0.1) is 10.2 Å². The molecule has 5 rings (SSSR count). The lowest BCUT2D eigenvalue weighted by molar-refractivity contribution is 0.267. The van der Waals surface area contributed by atoms with Gasteiger partial charge in [0, 0.05) is 5.39 Å². The Morgan fingerprint density at radius 1 is 0.929 bits per heavy atom. The number of hydrogen-bond donors (Lipinski definition) is 0. The zero-order chi connectivity index (χ0) is 18.8. The average molecular weight is 394 g/mol. The molecule has 1 saturated heterocycles. The Balaban J connectivity index is 1.32. The molecule has 0 radical (unpaired) electrons. The molecular formula is C21H23N5OS. The van der Waals surface area contributed by atoms with Crippen LogP contribution in [0.4, 0.5) is 0 Å². The Labute approximate surface area is 167 Å². The van der Waals surface area contributed by atoms with Crippen molar-refractivity contribution < 1.29 is 4.74 Å². The predicted octanol–water partition coefficient (Wildman–Crippen LogP) is 4.29. The lowest BCUT2D eigenvalue weighted by atomic mass is 10.1. The van der Waals surface area contributed by atoms with Gasteiger partial charge in [-0.1, -0.05) is 60.6 Å². The van der Waals surface area contributed by atoms with E-state index in [2.05, 4.69) is 33.3 Å². The molecule has 1 fully saturated rings. The van der Waals surface area contributed by atoms with Crippen LogP contribution in [0, 0.1) is 0 Å². The zero-order valence-electron chi connectivity index (χ0n) is 15.8. The molecule has 6 nitrogen and oxygen atoms in total. The van der Waals surface area contributed by atoms with Crippen LogP contribution in [0.5, 0.6) is 5.75 Å². The van der Waals surface area contributed by atoms with Gasteiger partial charge in [-0.05, 0) is 37.4 Å². The van der Waals surface area contributed by atoms with E-state index in [9.17, 15) is 0 Å². The third-order valence-corrected chi connectivity index (χ3v) is 6.13. The molecule has 3 heterocycles. The van der Waals surface area contributed by atoms with Crippen LogP contribution >= 0.6 is 11.3 Å². The van der Waals surface area contributed by atoms with Gasteiger partial charge < -0.3 is 4.74 Å². The molecule has 7 heteroatoms. The number of likely N-dealkylation sites (tertiary alicyclic amines) is 1. The number of hydrogen-bond acceptors (Lipinski definition) is 6. The second-order valence-corrected chi connectivity index (χ2v) is 8.30. The average Bonchev–Trinajstić information content (AvgIpc) is 3.18. The summed E-state index contributed by atoms with van der Waals surface area (Å²) in [6.45, 7) is 3.52. The van der Waals surface area contributed by atoms with E-state index < -0.39 is 0 Å². The normalized spacial score (nSPS) is 15.9. The highest BCUT2D eigenvalue weighted by atomic mass is 32.1. The van der Waals surface area contributed by atoms with Crippen LogP contribution in [0.2, 0.25) is 0 Å². The maximum Gasteiger partial charge on any atom is 0.234 e. The van der Waals surface area contributed by atoms with Crippen LogP contribution in [0.15, 0.2) is 42.5 Å². The molecule has 0 aliphatic carbocycles. The Morgan fingerprint density at radius 3 is 2.64 bits per heavy atom. The quantitative estimate of drug-likeness (QED) is 0.506. The van der Waals surface area contributed by atoms with Gasteiger partial charge in [0.05, 0.1) is 6.54 Å². The van der Waals surface area contributed by atoms with E-state index in [0.29, 0.717) is 6.61 Å². The minimum atomic E-state index is 0.436. The molecule has 2 aromatic heterocycles. The first-order chi connectivity index (χ1) is 13.9. The van der Waals surface area contributed by atoms with Gasteiger partial charge in [-0.2, -0.15) is 9.61 Å². The maximum atomic E-state index is 6.09. The minimum absolute atomic E-state index is 0.436. The van der Waals surface area contributed by atoms with Crippen molar-refractivity contribution in [3.63, 3.8) is 0 Å². The van der Waals surface area contributed by atoms with Gasteiger partial charge in [0.15, 0.2) is 10.8 Å². The monoisotopic (exact) mass is 393 g/mol. The van der Waals surface area contributed by atoms with Crippen molar-refractivity contribution in [2.75, 3.05) is 13.1 Å². The fourth-order valence-electron chi connectivity index (χ4n) is 3.81. The van der Waals surface area contributed by atoms with Crippen molar-refractivity contribution in [1.29, 1.82) is 0 Å². The summed E-state index contributed by atoms with van der Waals surface area (Å²) in [5, 5.41) is 16.6. The summed E-state index contributed by atoms with van der Waals surface area (Å²) in [7, 11) is 0. The highest BCUT2D eigenvalue weighted by molar-refractivity contribution is 7.16. The van der Waals surface area contributed by atoms with Crippen molar-refractivity contribution in [2.45, 2.75) is 38.8 Å². The molecule has 0 atom stereocenters. The van der Waals surface area contributed by atoms with Crippen molar-refractivity contribution in [1.82, 2.24) is 24.7 Å². The first-order valence-corrected chi connectivity index (χ1v) is 10.7. The molecule has 0 saturated carbocycles. The number of nitrogens with zero attached hydrogens (tertiary/aromatic N) is 5. The topological polar surface area (TPSA) is 55.6 Å². The van der Waals surface area contributed by atoms with Gasteiger partial charge in [0.2, 0.25) is 4.96 Å². The van der Waals surface area contributed by atoms with Crippen LogP contribution in [-0.2, 0) is 13.2 Å². The molecule has 0 amide bonds. The number of benzene rings is 2. The molecule has 0 unspecified atom stereocenters. The van der Waals surface area contributed by atoms with E-state index in [1.54, 1.807) is 11.3 Å². The largest absolute Gasteiger partial charge is 0.486 e. The maximum absolute atomic E-state index is 6.09. The van der Waals surface area contributed by atoms with Gasteiger partial charge in [-0.25, -0.2) is 0 Å². The molecule has 0 spiro atoms. The Kier molecular flexibility index (Phi) is 4.93. The summed E-state index contributed by atoms with van der Waals surface area (Å²) in [5.41, 5.74) is 0. The Bertz CT molecular complexity index is 1080. The molecule has 1 aliphatic heterocycles. The summed E-state index contributed by atoms with van der Waals surface area (Å²) in [5.74, 6) is 1.80. The van der Waals surface area contributed by atoms with Crippen LogP contribution in [-0.4, -0.2) is 37.8 Å². The standard InChI is InChI=1S/C21H23N5OS/c1-2-6-13-25(12-5-1)14-19-22-23-21-26(19)24-20(28-21)15-27-18-11-7-9-16-8-3-4-10-17(16)18/h3-4,7-11H,1-2,5-6,12-15H2. The first-order valence-electron chi connectivity index (χ1n) is 9.90. The SMILES string of the molecule is c1ccc2c(OCc3nn4c(CN5CCCCCC5)nnc4s3)cccc2c1. The van der Waals surface area contributed by atoms with Gasteiger partial charge in [0.1, 0.15) is 12.4 Å². The second-order valence-electron chi connectivity index (χ2n) is 7.26. The van der Waals surface area contributed by atoms with Crippen molar-refractivity contribution >= 4 is 27.1 Å². The predicted molar refractivity (Wildman–Crippen MR) is 111 cm³/mol. The van der Waals surface area contributed by atoms with E-state index in [4.69, 9.17) is 9.84 Å². The highest BCUT2D eigenvalue weighted by Gasteiger charge is 2.16. The summed E-state index contributed by atoms with van der Waals surface area (Å²) in [6, 6.07) is 14.4. The van der Waals surface area contributed by atoms with E-state index in [1.807, 2.05) is 28.8 Å². The van der Waals surface area contributed by atoms with E-state index in [0.717, 1.165) is 46.6 Å². The lowest BCUT2D eigenvalue weighted by Gasteiger charge is -2.17. The zero-order valence-corrected chi connectivity index (χ0v) is 16.6. The number of fused-ring (bicyclic) bond motifs is 2. The smallest absolute Gasteiger partial charge is 0.234 e. The molecule has 2 aromatic carbocycles. The third-order valence-electron chi connectivity index (χ3n) is 5.26. The first kappa shape index (κ1) is 17.6. The second kappa shape index (κ2) is 7.85. The highest BCUT2D eigenvalue weighted by Crippen LogP contribution is 2.26. The number of aromatic nitrogens is 4. The number of rotatable bonds is 5. The van der Waals surface area contributed by atoms with Gasteiger partial charge in [-0.3, -0.25) is 4.90 Å². The fraction of sp³-hybridized carbons (Fsp3) is 0.381. The molecule has 144 valence electrons. The van der Waals surface area contributed by atoms with Gasteiger partial charge >= 0.3 is 0 Å². The Hall–Kier alpha value is -2.51. The van der Waals surface area contributed by atoms with Crippen LogP contribution in [0.1, 0.15) is 36.5 Å². The molecule has 0 bridgehead atoms. The van der Waals surface area contributed by atoms with Crippen LogP contribution < -0.4 is 4.74 Å². The third kappa shape index (κ3) is 3.59. The summed E-state index contributed by atoms with van der Waals surface area (Å²) in [6.07, 6.45) is 5.20. The molecule has 0 N–H and O–H groups in total. The number of ether oxygens (including phenoxy) is 1. The minimum Gasteiger partial charge on any atom is -0.486 e.